The zero-order valence-electron chi connectivity index (χ0n) is 9.48. The molecule has 0 unspecified atom stereocenters. The summed E-state index contributed by atoms with van der Waals surface area (Å²) < 4.78 is 27.3. The second kappa shape index (κ2) is 4.79. The molecule has 0 fully saturated rings. The van der Waals surface area contributed by atoms with Gasteiger partial charge in [-0.3, -0.25) is 4.72 Å². The van der Waals surface area contributed by atoms with E-state index in [-0.39, 0.29) is 4.21 Å². The number of sulfonamides is 1. The van der Waals surface area contributed by atoms with E-state index in [1.807, 2.05) is 0 Å². The van der Waals surface area contributed by atoms with Gasteiger partial charge in [0, 0.05) is 11.4 Å². The Balaban J connectivity index is 2.29. The molecule has 2 rings (SSSR count). The molecule has 4 nitrogen and oxygen atoms in total. The number of benzene rings is 1. The predicted octanol–water partition coefficient (Wildman–Crippen LogP) is 3.09. The van der Waals surface area contributed by atoms with E-state index in [1.165, 1.54) is 0 Å². The van der Waals surface area contributed by atoms with Crippen molar-refractivity contribution in [1.82, 2.24) is 0 Å². The average Bonchev–Trinajstić information content (AvgIpc) is 2.63. The summed E-state index contributed by atoms with van der Waals surface area (Å²) in [5, 5.41) is 0. The lowest BCUT2D eigenvalue weighted by molar-refractivity contribution is 0.603. The molecule has 0 saturated heterocycles. The monoisotopic (exact) mass is 302 g/mol. The van der Waals surface area contributed by atoms with Crippen molar-refractivity contribution in [3.63, 3.8) is 0 Å². The fourth-order valence-electron chi connectivity index (χ4n) is 1.32. The van der Waals surface area contributed by atoms with Crippen LogP contribution in [0.2, 0.25) is 4.34 Å². The molecular weight excluding hydrogens is 292 g/mol. The van der Waals surface area contributed by atoms with Gasteiger partial charge in [0.1, 0.15) is 4.21 Å². The second-order valence-electron chi connectivity index (χ2n) is 3.75. The van der Waals surface area contributed by atoms with Gasteiger partial charge in [-0.15, -0.1) is 11.3 Å². The molecule has 0 aliphatic rings. The molecule has 0 bridgehead atoms. The number of thiophene rings is 1. The molecule has 0 spiro atoms. The third kappa shape index (κ3) is 2.77. The molecule has 1 aromatic heterocycles. The molecule has 96 valence electrons. The fourth-order valence-corrected chi connectivity index (χ4v) is 4.09. The quantitative estimate of drug-likeness (QED) is 0.856. The molecule has 0 aliphatic carbocycles. The third-order valence-electron chi connectivity index (χ3n) is 2.26. The Morgan fingerprint density at radius 3 is 2.39 bits per heavy atom. The summed E-state index contributed by atoms with van der Waals surface area (Å²) in [6.45, 7) is 1.76. The Labute approximate surface area is 114 Å². The van der Waals surface area contributed by atoms with Crippen molar-refractivity contribution in [1.29, 1.82) is 0 Å². The first-order chi connectivity index (χ1) is 8.38. The van der Waals surface area contributed by atoms with Crippen molar-refractivity contribution in [3.05, 3.63) is 40.2 Å². The van der Waals surface area contributed by atoms with Crippen LogP contribution in [0, 0.1) is 6.92 Å². The van der Waals surface area contributed by atoms with E-state index in [9.17, 15) is 8.42 Å². The molecule has 1 heterocycles. The van der Waals surface area contributed by atoms with E-state index < -0.39 is 10.0 Å². The maximum atomic E-state index is 12.1. The molecule has 2 aromatic rings. The van der Waals surface area contributed by atoms with Crippen LogP contribution in [0.25, 0.3) is 0 Å². The lowest BCUT2D eigenvalue weighted by Crippen LogP contribution is -2.11. The van der Waals surface area contributed by atoms with Gasteiger partial charge in [0.15, 0.2) is 0 Å². The summed E-state index contributed by atoms with van der Waals surface area (Å²) in [5.74, 6) is 0. The number of hydrogen-bond acceptors (Lipinski definition) is 4. The zero-order chi connectivity index (χ0) is 13.3. The first kappa shape index (κ1) is 13.2. The van der Waals surface area contributed by atoms with E-state index >= 15 is 0 Å². The van der Waals surface area contributed by atoms with Gasteiger partial charge in [-0.05, 0) is 42.8 Å². The summed E-state index contributed by atoms with van der Waals surface area (Å²) >= 11 is 6.90. The van der Waals surface area contributed by atoms with Crippen LogP contribution in [-0.2, 0) is 10.0 Å². The molecule has 0 atom stereocenters. The van der Waals surface area contributed by atoms with Gasteiger partial charge >= 0.3 is 0 Å². The third-order valence-corrected chi connectivity index (χ3v) is 5.67. The number of rotatable bonds is 3. The summed E-state index contributed by atoms with van der Waals surface area (Å²) in [7, 11) is -3.58. The SMILES string of the molecule is Cc1cc(S(=O)(=O)Nc2ccc(N)cc2)sc1Cl. The highest BCUT2D eigenvalue weighted by Gasteiger charge is 2.18. The van der Waals surface area contributed by atoms with Crippen LogP contribution in [0.5, 0.6) is 0 Å². The minimum absolute atomic E-state index is 0.196. The first-order valence-corrected chi connectivity index (χ1v) is 7.70. The van der Waals surface area contributed by atoms with Gasteiger partial charge in [-0.1, -0.05) is 11.6 Å². The van der Waals surface area contributed by atoms with Gasteiger partial charge in [0.2, 0.25) is 0 Å². The van der Waals surface area contributed by atoms with E-state index in [0.717, 1.165) is 16.9 Å². The van der Waals surface area contributed by atoms with Crippen LogP contribution in [0.3, 0.4) is 0 Å². The average molecular weight is 303 g/mol. The predicted molar refractivity (Wildman–Crippen MR) is 75.7 cm³/mol. The Morgan fingerprint density at radius 1 is 1.28 bits per heavy atom. The second-order valence-corrected chi connectivity index (χ2v) is 7.31. The molecule has 0 amide bonds. The van der Waals surface area contributed by atoms with Crippen molar-refractivity contribution < 1.29 is 8.42 Å². The molecule has 0 saturated carbocycles. The number of anilines is 2. The zero-order valence-corrected chi connectivity index (χ0v) is 11.9. The standard InChI is InChI=1S/C11H11ClN2O2S2/c1-7-6-10(17-11(7)12)18(15,16)14-9-4-2-8(13)3-5-9/h2-6,14H,13H2,1H3. The Hall–Kier alpha value is -1.24. The summed E-state index contributed by atoms with van der Waals surface area (Å²) in [6, 6.07) is 8.02. The summed E-state index contributed by atoms with van der Waals surface area (Å²) in [4.78, 5) is 0. The number of hydrogen-bond donors (Lipinski definition) is 2. The number of nitrogens with two attached hydrogens (primary N) is 1. The minimum atomic E-state index is -3.58. The van der Waals surface area contributed by atoms with Crippen molar-refractivity contribution in [2.45, 2.75) is 11.1 Å². The van der Waals surface area contributed by atoms with Crippen LogP contribution in [0.1, 0.15) is 5.56 Å². The maximum Gasteiger partial charge on any atom is 0.271 e. The number of nitrogen functional groups attached to an aromatic ring is 1. The van der Waals surface area contributed by atoms with E-state index in [0.29, 0.717) is 15.7 Å². The molecule has 18 heavy (non-hydrogen) atoms. The molecular formula is C11H11ClN2O2S2. The highest BCUT2D eigenvalue weighted by atomic mass is 35.5. The van der Waals surface area contributed by atoms with E-state index in [2.05, 4.69) is 4.72 Å². The van der Waals surface area contributed by atoms with Gasteiger partial charge in [-0.2, -0.15) is 0 Å². The minimum Gasteiger partial charge on any atom is -0.399 e. The van der Waals surface area contributed by atoms with Crippen LogP contribution in [0.4, 0.5) is 11.4 Å². The van der Waals surface area contributed by atoms with Crippen LogP contribution >= 0.6 is 22.9 Å². The van der Waals surface area contributed by atoms with Gasteiger partial charge < -0.3 is 5.73 Å². The van der Waals surface area contributed by atoms with E-state index in [1.54, 1.807) is 37.3 Å². The molecule has 3 N–H and O–H groups in total. The molecule has 1 aromatic carbocycles. The van der Waals surface area contributed by atoms with Crippen LogP contribution in [0.15, 0.2) is 34.5 Å². The lowest BCUT2D eigenvalue weighted by atomic mass is 10.3. The van der Waals surface area contributed by atoms with Crippen LogP contribution in [-0.4, -0.2) is 8.42 Å². The van der Waals surface area contributed by atoms with Crippen molar-refractivity contribution in [2.75, 3.05) is 10.5 Å². The number of halogens is 1. The van der Waals surface area contributed by atoms with Gasteiger partial charge in [0.25, 0.3) is 10.0 Å². The van der Waals surface area contributed by atoms with E-state index in [4.69, 9.17) is 17.3 Å². The van der Waals surface area contributed by atoms with Crippen molar-refractivity contribution >= 4 is 44.3 Å². The Bertz CT molecular complexity index is 643. The normalized spacial score (nSPS) is 11.4. The highest BCUT2D eigenvalue weighted by molar-refractivity contribution is 7.94. The number of aryl methyl sites for hydroxylation is 1. The topological polar surface area (TPSA) is 72.2 Å². The lowest BCUT2D eigenvalue weighted by Gasteiger charge is -2.06. The number of nitrogens with one attached hydrogen (secondary N) is 1. The van der Waals surface area contributed by atoms with Crippen molar-refractivity contribution in [2.24, 2.45) is 0 Å². The summed E-state index contributed by atoms with van der Waals surface area (Å²) in [5.41, 5.74) is 7.32. The maximum absolute atomic E-state index is 12.1. The fraction of sp³-hybridized carbons (Fsp3) is 0.0909. The molecule has 0 aliphatic heterocycles. The summed E-state index contributed by atoms with van der Waals surface area (Å²) in [6.07, 6.45) is 0. The highest BCUT2D eigenvalue weighted by Crippen LogP contribution is 2.31. The largest absolute Gasteiger partial charge is 0.399 e. The Kier molecular flexibility index (Phi) is 3.52. The first-order valence-electron chi connectivity index (χ1n) is 5.03. The van der Waals surface area contributed by atoms with Crippen LogP contribution < -0.4 is 10.5 Å². The Morgan fingerprint density at radius 2 is 1.89 bits per heavy atom. The molecule has 0 radical (unpaired) electrons. The van der Waals surface area contributed by atoms with Gasteiger partial charge in [-0.25, -0.2) is 8.42 Å². The van der Waals surface area contributed by atoms with Gasteiger partial charge in [0.05, 0.1) is 4.34 Å². The van der Waals surface area contributed by atoms with Crippen molar-refractivity contribution in [3.8, 4) is 0 Å². The molecule has 7 heteroatoms. The smallest absolute Gasteiger partial charge is 0.271 e.